The highest BCUT2D eigenvalue weighted by Crippen LogP contribution is 2.37. The van der Waals surface area contributed by atoms with Crippen molar-refractivity contribution in [3.05, 3.63) is 53.9 Å². The number of methoxy groups -OCH3 is 1. The van der Waals surface area contributed by atoms with Gasteiger partial charge in [0.1, 0.15) is 6.26 Å². The molecule has 0 bridgehead atoms. The van der Waals surface area contributed by atoms with E-state index in [9.17, 15) is 23.1 Å². The maximum Gasteiger partial charge on any atom is 0.395 e. The van der Waals surface area contributed by atoms with Crippen LogP contribution in [0, 0.1) is 17.4 Å². The molecule has 1 heterocycles. The van der Waals surface area contributed by atoms with Gasteiger partial charge in [0.25, 0.3) is 12.2 Å². The van der Waals surface area contributed by atoms with Gasteiger partial charge < -0.3 is 19.3 Å². The number of carbonyl (C=O) groups excluding carboxylic acids is 1. The summed E-state index contributed by atoms with van der Waals surface area (Å²) in [6.45, 7) is 9.33. The fourth-order valence-electron chi connectivity index (χ4n) is 4.02. The molecule has 1 unspecified atom stereocenters. The highest BCUT2D eigenvalue weighted by molar-refractivity contribution is 5.95. The monoisotopic (exact) mass is 555 g/mol. The molecule has 2 saturated carbocycles. The van der Waals surface area contributed by atoms with Crippen LogP contribution in [0.2, 0.25) is 0 Å². The summed E-state index contributed by atoms with van der Waals surface area (Å²) in [6.07, 6.45) is 5.84. The van der Waals surface area contributed by atoms with Crippen LogP contribution in [-0.4, -0.2) is 53.0 Å². The number of aliphatic hydroxyl groups is 1. The van der Waals surface area contributed by atoms with E-state index in [2.05, 4.69) is 14.4 Å². The summed E-state index contributed by atoms with van der Waals surface area (Å²) in [4.78, 5) is 15.0. The summed E-state index contributed by atoms with van der Waals surface area (Å²) in [6, 6.07) is 8.03. The minimum absolute atomic E-state index is 0.0776. The number of halogens is 3. The molecule has 2 aliphatic rings. The van der Waals surface area contributed by atoms with Crippen LogP contribution in [0.3, 0.4) is 0 Å². The van der Waals surface area contributed by atoms with Crippen molar-refractivity contribution < 1.29 is 32.3 Å². The number of carbonyl (C=O) groups is 1. The number of rotatable bonds is 5. The molecule has 1 aromatic carbocycles. The second kappa shape index (κ2) is 19.9. The fourth-order valence-corrected chi connectivity index (χ4v) is 4.02. The van der Waals surface area contributed by atoms with E-state index in [4.69, 9.17) is 5.26 Å². The Morgan fingerprint density at radius 2 is 1.59 bits per heavy atom. The van der Waals surface area contributed by atoms with Crippen molar-refractivity contribution in [3.63, 3.8) is 0 Å². The second-order valence-electron chi connectivity index (χ2n) is 8.67. The summed E-state index contributed by atoms with van der Waals surface area (Å²) < 4.78 is 46.7. The van der Waals surface area contributed by atoms with Gasteiger partial charge in [-0.25, -0.2) is 0 Å². The number of benzene rings is 1. The lowest BCUT2D eigenvalue weighted by molar-refractivity contribution is -0.146. The Morgan fingerprint density at radius 1 is 1.10 bits per heavy atom. The third-order valence-electron chi connectivity index (χ3n) is 6.23. The molecule has 10 heteroatoms. The zero-order valence-corrected chi connectivity index (χ0v) is 23.9. The summed E-state index contributed by atoms with van der Waals surface area (Å²) in [5, 5.41) is 20.0. The fraction of sp³-hybridized carbons (Fsp3) is 0.621. The van der Waals surface area contributed by atoms with E-state index in [0.29, 0.717) is 11.5 Å². The van der Waals surface area contributed by atoms with E-state index >= 15 is 0 Å². The summed E-state index contributed by atoms with van der Waals surface area (Å²) in [7, 11) is 1.32. The molecule has 0 saturated heterocycles. The van der Waals surface area contributed by atoms with Crippen molar-refractivity contribution in [1.82, 2.24) is 10.1 Å². The molecule has 1 N–H and O–H groups in total. The zero-order chi connectivity index (χ0) is 29.8. The van der Waals surface area contributed by atoms with Gasteiger partial charge in [0.05, 0.1) is 19.2 Å². The highest BCUT2D eigenvalue weighted by Gasteiger charge is 2.40. The maximum absolute atomic E-state index is 13.0. The SMILES string of the molecule is CC.CC.CC(c1ccc(C(=O)N(C2CCC(CO)CC2)C2CC2)cc1)C(F)(F)F.COC#N.c1cnoc1. The highest BCUT2D eigenvalue weighted by atomic mass is 19.4. The average molecular weight is 556 g/mol. The summed E-state index contributed by atoms with van der Waals surface area (Å²) in [5.41, 5.74) is 0.634. The van der Waals surface area contributed by atoms with E-state index in [0.717, 1.165) is 45.4 Å². The predicted molar refractivity (Wildman–Crippen MR) is 145 cm³/mol. The van der Waals surface area contributed by atoms with E-state index in [1.54, 1.807) is 12.3 Å². The molecular formula is C29H44F3N3O4. The molecule has 1 amide bonds. The van der Waals surface area contributed by atoms with Gasteiger partial charge in [-0.2, -0.15) is 18.4 Å². The van der Waals surface area contributed by atoms with E-state index < -0.39 is 12.1 Å². The van der Waals surface area contributed by atoms with Crippen LogP contribution in [0.1, 0.15) is 95.0 Å². The Balaban J connectivity index is 0.000000927. The molecule has 1 aromatic heterocycles. The zero-order valence-electron chi connectivity index (χ0n) is 23.9. The molecule has 1 atom stereocenters. The van der Waals surface area contributed by atoms with Gasteiger partial charge in [-0.3, -0.25) is 4.79 Å². The molecule has 0 radical (unpaired) electrons. The van der Waals surface area contributed by atoms with Crippen LogP contribution in [0.15, 0.2) is 47.3 Å². The number of hydrogen-bond acceptors (Lipinski definition) is 6. The number of aliphatic hydroxyl groups excluding tert-OH is 1. The number of ether oxygens (including phenoxy) is 1. The van der Waals surface area contributed by atoms with Crippen molar-refractivity contribution in [2.24, 2.45) is 5.92 Å². The first kappa shape index (κ1) is 35.9. The lowest BCUT2D eigenvalue weighted by Crippen LogP contribution is -2.44. The van der Waals surface area contributed by atoms with Gasteiger partial charge in [0.15, 0.2) is 0 Å². The first-order valence-electron chi connectivity index (χ1n) is 13.6. The Hall–Kier alpha value is -3.06. The normalized spacial score (nSPS) is 18.4. The van der Waals surface area contributed by atoms with Crippen LogP contribution in [0.25, 0.3) is 0 Å². The van der Waals surface area contributed by atoms with Crippen LogP contribution in [0.5, 0.6) is 0 Å². The summed E-state index contributed by atoms with van der Waals surface area (Å²) in [5.74, 6) is -1.29. The van der Waals surface area contributed by atoms with Crippen molar-refractivity contribution in [3.8, 4) is 6.26 Å². The first-order valence-corrected chi connectivity index (χ1v) is 13.6. The molecular weight excluding hydrogens is 511 g/mol. The van der Waals surface area contributed by atoms with Crippen molar-refractivity contribution in [1.29, 1.82) is 5.26 Å². The number of alkyl halides is 3. The molecule has 2 aromatic rings. The molecule has 0 aliphatic heterocycles. The Kier molecular flexibility index (Phi) is 18.4. The molecule has 220 valence electrons. The molecule has 39 heavy (non-hydrogen) atoms. The lowest BCUT2D eigenvalue weighted by atomic mass is 9.85. The molecule has 2 aliphatic carbocycles. The smallest absolute Gasteiger partial charge is 0.395 e. The van der Waals surface area contributed by atoms with Crippen molar-refractivity contribution >= 4 is 5.91 Å². The molecule has 7 nitrogen and oxygen atoms in total. The third kappa shape index (κ3) is 13.0. The Labute approximate surface area is 230 Å². The number of hydrogen-bond donors (Lipinski definition) is 1. The largest absolute Gasteiger partial charge is 0.431 e. The van der Waals surface area contributed by atoms with E-state index in [1.165, 1.54) is 43.9 Å². The third-order valence-corrected chi connectivity index (χ3v) is 6.23. The van der Waals surface area contributed by atoms with Crippen LogP contribution in [0.4, 0.5) is 13.2 Å². The molecule has 2 fully saturated rings. The van der Waals surface area contributed by atoms with Gasteiger partial charge in [0.2, 0.25) is 0 Å². The van der Waals surface area contributed by atoms with Gasteiger partial charge in [-0.1, -0.05) is 45.0 Å². The number of nitrogens with zero attached hydrogens (tertiary/aromatic N) is 3. The quantitative estimate of drug-likeness (QED) is 0.387. The van der Waals surface area contributed by atoms with Gasteiger partial charge in [-0.05, 0) is 75.1 Å². The van der Waals surface area contributed by atoms with Gasteiger partial charge in [-0.15, -0.1) is 0 Å². The number of nitriles is 1. The standard InChI is InChI=1S/C20H26F3NO2.C3H3NO.C2H3NO.2C2H6/c1-13(20(21,22)23)15-4-6-16(7-5-15)19(26)24(18-10-11-18)17-8-2-14(12-25)3-9-17;1-2-4-5-3-1;1-4-2-3;2*1-2/h4-7,13-14,17-18,25H,2-3,8-12H2,1H3;1-3H;1H3;2*1-2H3. The van der Waals surface area contributed by atoms with Crippen LogP contribution < -0.4 is 0 Å². The van der Waals surface area contributed by atoms with Crippen LogP contribution >= 0.6 is 0 Å². The van der Waals surface area contributed by atoms with Crippen LogP contribution in [-0.2, 0) is 4.74 Å². The molecule has 4 rings (SSSR count). The van der Waals surface area contributed by atoms with Crippen molar-refractivity contribution in [2.75, 3.05) is 13.7 Å². The minimum Gasteiger partial charge on any atom is -0.431 e. The van der Waals surface area contributed by atoms with Gasteiger partial charge in [0, 0.05) is 24.3 Å². The number of amides is 1. The minimum atomic E-state index is -4.28. The summed E-state index contributed by atoms with van der Waals surface area (Å²) >= 11 is 0. The van der Waals surface area contributed by atoms with Crippen molar-refractivity contribution in [2.45, 2.75) is 97.3 Å². The number of aromatic nitrogens is 1. The first-order chi connectivity index (χ1) is 18.7. The van der Waals surface area contributed by atoms with Gasteiger partial charge >= 0.3 is 6.18 Å². The Morgan fingerprint density at radius 3 is 1.90 bits per heavy atom. The Bertz CT molecular complexity index is 886. The lowest BCUT2D eigenvalue weighted by Gasteiger charge is -2.37. The van der Waals surface area contributed by atoms with E-state index in [1.807, 2.05) is 32.6 Å². The predicted octanol–water partition coefficient (Wildman–Crippen LogP) is 7.35. The average Bonchev–Trinajstić information content (AvgIpc) is 3.61. The topological polar surface area (TPSA) is 99.6 Å². The van der Waals surface area contributed by atoms with E-state index in [-0.39, 0.29) is 30.2 Å². The maximum atomic E-state index is 13.0. The second-order valence-corrected chi connectivity index (χ2v) is 8.67. The molecule has 0 spiro atoms.